The fraction of sp³-hybridized carbons (Fsp3) is 0.0556. The third kappa shape index (κ3) is 12.2. The van der Waals surface area contributed by atoms with Gasteiger partial charge < -0.3 is 4.57 Å². The minimum atomic E-state index is 0.630. The molecule has 0 bridgehead atoms. The molecule has 0 fully saturated rings. The zero-order valence-corrected chi connectivity index (χ0v) is 64.1. The summed E-state index contributed by atoms with van der Waals surface area (Å²) in [5.74, 6) is 2.65. The van der Waals surface area contributed by atoms with Crippen molar-refractivity contribution in [1.82, 2.24) is 43.6 Å². The summed E-state index contributed by atoms with van der Waals surface area (Å²) in [7, 11) is 0. The second-order valence-corrected chi connectivity index (χ2v) is 30.5. The van der Waals surface area contributed by atoms with Gasteiger partial charge in [0, 0.05) is 82.4 Å². The summed E-state index contributed by atoms with van der Waals surface area (Å²) in [5, 5.41) is 7.42. The van der Waals surface area contributed by atoms with Crippen LogP contribution in [0.3, 0.4) is 0 Å². The fourth-order valence-corrected chi connectivity index (χ4v) is 18.4. The number of benzene rings is 15. The van der Waals surface area contributed by atoms with Crippen LogP contribution >= 0.6 is 0 Å². The van der Waals surface area contributed by atoms with E-state index < -0.39 is 0 Å². The lowest BCUT2D eigenvalue weighted by Crippen LogP contribution is -2.09. The van der Waals surface area contributed by atoms with E-state index in [0.29, 0.717) is 23.5 Å². The van der Waals surface area contributed by atoms with Gasteiger partial charge >= 0.3 is 0 Å². The minimum Gasteiger partial charge on any atom is -0.308 e. The number of nitrogens with zero attached hydrogens (tertiary/aromatic N) is 9. The molecule has 6 aromatic heterocycles. The number of pyridine rings is 1. The van der Waals surface area contributed by atoms with Crippen LogP contribution in [0.15, 0.2) is 382 Å². The SMILES string of the molecule is c1ccc(-c2cc(-c3ccccc3)nc(-n3c4ccccc4c4ccc5c(c43)-c3ccccc3CC5)n2)cc1.c1ccc(-c2cc(-n3c4ccccc4c4ccc5c(c43)-c3ccccc3CC5)cc(-c3ccccc3)n2)cc1.c1ccc(-c2nc(-c3ccccc3)nc(-n3c4ccccc4c4ccc5c(c43)-c3ccccc3CC5)n2)cc1. The molecule has 6 heterocycles. The second kappa shape index (κ2) is 29.2. The summed E-state index contributed by atoms with van der Waals surface area (Å²) in [6.45, 7) is 0. The number of fused-ring (bicyclic) bond motifs is 21. The van der Waals surface area contributed by atoms with Crippen LogP contribution in [0.5, 0.6) is 0 Å². The Labute approximate surface area is 677 Å². The predicted octanol–water partition coefficient (Wildman–Crippen LogP) is 26.0. The molecule has 9 heteroatoms. The molecule has 3 aliphatic rings. The lowest BCUT2D eigenvalue weighted by atomic mass is 9.84. The summed E-state index contributed by atoms with van der Waals surface area (Å²) in [5.41, 5.74) is 34.6. The number of rotatable bonds is 9. The average Bonchev–Trinajstić information content (AvgIpc) is 1.57. The maximum atomic E-state index is 5.23. The number of hydrogen-bond donors (Lipinski definition) is 0. The lowest BCUT2D eigenvalue weighted by Gasteiger charge is -2.22. The molecule has 0 amide bonds. The average molecular weight is 1500 g/mol. The van der Waals surface area contributed by atoms with Crippen LogP contribution in [-0.4, -0.2) is 43.6 Å². The first-order valence-corrected chi connectivity index (χ1v) is 40.5. The van der Waals surface area contributed by atoms with Crippen molar-refractivity contribution >= 4 is 65.4 Å². The Kier molecular flexibility index (Phi) is 17.1. The van der Waals surface area contributed by atoms with Gasteiger partial charge in [-0.05, 0) is 125 Å². The molecule has 0 atom stereocenters. The van der Waals surface area contributed by atoms with Crippen molar-refractivity contribution in [2.75, 3.05) is 0 Å². The maximum absolute atomic E-state index is 5.23. The van der Waals surface area contributed by atoms with Crippen molar-refractivity contribution in [2.45, 2.75) is 38.5 Å². The van der Waals surface area contributed by atoms with E-state index in [0.717, 1.165) is 117 Å². The fourth-order valence-electron chi connectivity index (χ4n) is 18.4. The number of hydrogen-bond acceptors (Lipinski definition) is 6. The van der Waals surface area contributed by atoms with Crippen LogP contribution in [0.4, 0.5) is 0 Å². The van der Waals surface area contributed by atoms with Crippen molar-refractivity contribution in [2.24, 2.45) is 0 Å². The van der Waals surface area contributed by atoms with Gasteiger partial charge in [-0.15, -0.1) is 0 Å². The molecule has 9 nitrogen and oxygen atoms in total. The summed E-state index contributed by atoms with van der Waals surface area (Å²) in [6, 6.07) is 135. The molecule has 117 heavy (non-hydrogen) atoms. The second-order valence-electron chi connectivity index (χ2n) is 30.5. The van der Waals surface area contributed by atoms with E-state index in [2.05, 4.69) is 347 Å². The molecule has 552 valence electrons. The van der Waals surface area contributed by atoms with Crippen LogP contribution in [0, 0.1) is 0 Å². The Morgan fingerprint density at radius 1 is 0.188 bits per heavy atom. The van der Waals surface area contributed by atoms with Crippen LogP contribution in [0.1, 0.15) is 33.4 Å². The van der Waals surface area contributed by atoms with Gasteiger partial charge in [0.05, 0.1) is 61.6 Å². The van der Waals surface area contributed by atoms with Gasteiger partial charge in [-0.1, -0.05) is 346 Å². The lowest BCUT2D eigenvalue weighted by molar-refractivity contribution is 0.932. The van der Waals surface area contributed by atoms with E-state index in [9.17, 15) is 0 Å². The molecule has 0 aliphatic heterocycles. The van der Waals surface area contributed by atoms with E-state index in [1.54, 1.807) is 0 Å². The van der Waals surface area contributed by atoms with Crippen molar-refractivity contribution in [3.05, 3.63) is 416 Å². The molecule has 0 unspecified atom stereocenters. The van der Waals surface area contributed by atoms with E-state index >= 15 is 0 Å². The first-order chi connectivity index (χ1) is 58.0. The van der Waals surface area contributed by atoms with Gasteiger partial charge in [-0.25, -0.2) is 19.9 Å². The predicted molar refractivity (Wildman–Crippen MR) is 480 cm³/mol. The quantitative estimate of drug-likeness (QED) is 0.143. The van der Waals surface area contributed by atoms with Gasteiger partial charge in [0.2, 0.25) is 11.9 Å². The largest absolute Gasteiger partial charge is 0.308 e. The Bertz CT molecular complexity index is 6540. The molecular weight excluding hydrogens is 1420 g/mol. The summed E-state index contributed by atoms with van der Waals surface area (Å²) in [6.07, 6.45) is 6.31. The zero-order chi connectivity index (χ0) is 77.3. The topological polar surface area (TPSA) is 92.1 Å². The third-order valence-electron chi connectivity index (χ3n) is 23.8. The molecule has 0 N–H and O–H groups in total. The Morgan fingerprint density at radius 2 is 0.462 bits per heavy atom. The van der Waals surface area contributed by atoms with E-state index in [1.807, 2.05) is 48.5 Å². The molecule has 21 aromatic rings. The molecule has 15 aromatic carbocycles. The van der Waals surface area contributed by atoms with Crippen molar-refractivity contribution in [3.63, 3.8) is 0 Å². The van der Waals surface area contributed by atoms with Crippen molar-refractivity contribution < 1.29 is 0 Å². The highest BCUT2D eigenvalue weighted by molar-refractivity contribution is 6.17. The van der Waals surface area contributed by atoms with Crippen molar-refractivity contribution in [3.8, 4) is 119 Å². The Balaban J connectivity index is 0.000000106. The molecule has 0 radical (unpaired) electrons. The highest BCUT2D eigenvalue weighted by Gasteiger charge is 2.30. The standard InChI is InChI=1S/C37H26N2.C36H25N3.C35H24N4/c1-3-12-26(13-4-1)33-23-29(24-34(38-33)27-14-5-2-6-15-27)39-35-18-10-9-17-31(35)32-22-21-28-20-19-25-11-7-8-16-30(25)36(28)37(32)39;1-3-12-25(13-4-1)31-23-32(26-14-5-2-6-15-26)38-36(37-31)39-33-18-10-9-17-29(33)30-22-21-27-20-19-24-11-7-8-16-28(24)34(27)35(30)39;1-3-12-25(13-4-1)33-36-34(26-14-5-2-6-15-26)38-35(37-33)39-30-18-10-9-17-28(30)29-22-21-24-20-19-23-11-7-8-16-27(23)31(24)32(29)39/h1-18,21-24H,19-20H2;1-18,21-23H,19-20H2;1-18,21-22H,19-20H2. The molecule has 3 aliphatic carbocycles. The van der Waals surface area contributed by atoms with E-state index in [4.69, 9.17) is 29.9 Å². The highest BCUT2D eigenvalue weighted by atomic mass is 15.2. The first kappa shape index (κ1) is 68.7. The van der Waals surface area contributed by atoms with Crippen LogP contribution in [0.2, 0.25) is 0 Å². The van der Waals surface area contributed by atoms with Crippen LogP contribution in [0.25, 0.3) is 184 Å². The molecule has 24 rings (SSSR count). The van der Waals surface area contributed by atoms with Gasteiger partial charge in [-0.2, -0.15) is 9.97 Å². The number of aromatic nitrogens is 9. The monoisotopic (exact) mass is 1500 g/mol. The molecule has 0 spiro atoms. The van der Waals surface area contributed by atoms with Gasteiger partial charge in [0.25, 0.3) is 0 Å². The Hall–Kier alpha value is -15.1. The van der Waals surface area contributed by atoms with Gasteiger partial charge in [0.15, 0.2) is 11.6 Å². The minimum absolute atomic E-state index is 0.630. The first-order valence-electron chi connectivity index (χ1n) is 40.5. The molecular formula is C108H75N9. The summed E-state index contributed by atoms with van der Waals surface area (Å²) < 4.78 is 7.03. The molecule has 0 saturated carbocycles. The van der Waals surface area contributed by atoms with Gasteiger partial charge in [-0.3, -0.25) is 9.13 Å². The van der Waals surface area contributed by atoms with E-state index in [-0.39, 0.29) is 0 Å². The number of para-hydroxylation sites is 3. The smallest absolute Gasteiger partial charge is 0.238 e. The normalized spacial score (nSPS) is 12.4. The summed E-state index contributed by atoms with van der Waals surface area (Å²) in [4.78, 5) is 30.8. The number of aryl methyl sites for hydroxylation is 6. The van der Waals surface area contributed by atoms with Crippen molar-refractivity contribution in [1.29, 1.82) is 0 Å². The third-order valence-corrected chi connectivity index (χ3v) is 23.8. The summed E-state index contributed by atoms with van der Waals surface area (Å²) >= 11 is 0. The highest BCUT2D eigenvalue weighted by Crippen LogP contribution is 2.48. The van der Waals surface area contributed by atoms with Crippen LogP contribution < -0.4 is 0 Å². The zero-order valence-electron chi connectivity index (χ0n) is 64.1. The molecule has 0 saturated heterocycles. The van der Waals surface area contributed by atoms with E-state index in [1.165, 1.54) is 116 Å². The Morgan fingerprint density at radius 3 is 0.821 bits per heavy atom. The van der Waals surface area contributed by atoms with Crippen LogP contribution in [-0.2, 0) is 38.5 Å². The maximum Gasteiger partial charge on any atom is 0.238 e. The van der Waals surface area contributed by atoms with Gasteiger partial charge in [0.1, 0.15) is 0 Å².